The summed E-state index contributed by atoms with van der Waals surface area (Å²) < 4.78 is 2.01. The fourth-order valence-electron chi connectivity index (χ4n) is 3.60. The molecule has 0 N–H and O–H groups in total. The van der Waals surface area contributed by atoms with Crippen LogP contribution in [0.3, 0.4) is 0 Å². The quantitative estimate of drug-likeness (QED) is 0.738. The molecule has 1 saturated heterocycles. The van der Waals surface area contributed by atoms with Crippen LogP contribution >= 0.6 is 0 Å². The summed E-state index contributed by atoms with van der Waals surface area (Å²) in [5, 5.41) is 0. The summed E-state index contributed by atoms with van der Waals surface area (Å²) in [4.78, 5) is 28.1. The number of amides is 1. The number of pyridine rings is 1. The van der Waals surface area contributed by atoms with Crippen LogP contribution in [-0.4, -0.2) is 36.7 Å². The summed E-state index contributed by atoms with van der Waals surface area (Å²) in [6.07, 6.45) is 10.6. The van der Waals surface area contributed by atoms with E-state index in [2.05, 4.69) is 9.97 Å². The minimum absolute atomic E-state index is 0.00507. The molecule has 0 aromatic carbocycles. The average molecular weight is 335 g/mol. The molecule has 0 spiro atoms. The molecular weight excluding hydrogens is 314 g/mol. The lowest BCUT2D eigenvalue weighted by Gasteiger charge is -2.35. The Labute approximate surface area is 146 Å². The third kappa shape index (κ3) is 3.12. The normalized spacial score (nSPS) is 17.8. The number of rotatable bonds is 3. The van der Waals surface area contributed by atoms with Crippen molar-refractivity contribution in [1.82, 2.24) is 24.3 Å². The van der Waals surface area contributed by atoms with Crippen LogP contribution in [0.25, 0.3) is 5.52 Å². The van der Waals surface area contributed by atoms with Crippen LogP contribution in [-0.2, 0) is 11.2 Å². The Morgan fingerprint density at radius 1 is 1.28 bits per heavy atom. The number of carbonyl (C=O) groups is 1. The molecule has 0 saturated carbocycles. The lowest BCUT2D eigenvalue weighted by molar-refractivity contribution is -0.134. The van der Waals surface area contributed by atoms with Crippen molar-refractivity contribution in [3.05, 3.63) is 60.2 Å². The predicted octanol–water partition coefficient (Wildman–Crippen LogP) is 2.73. The predicted molar refractivity (Wildman–Crippen MR) is 94.0 cm³/mol. The lowest BCUT2D eigenvalue weighted by Crippen LogP contribution is -2.40. The van der Waals surface area contributed by atoms with E-state index in [0.29, 0.717) is 6.42 Å². The van der Waals surface area contributed by atoms with Gasteiger partial charge in [-0.3, -0.25) is 14.2 Å². The molecule has 1 aliphatic rings. The van der Waals surface area contributed by atoms with Gasteiger partial charge in [-0.25, -0.2) is 9.97 Å². The number of aryl methyl sites for hydroxylation is 1. The Bertz CT molecular complexity index is 889. The monoisotopic (exact) mass is 335 g/mol. The van der Waals surface area contributed by atoms with Gasteiger partial charge in [-0.15, -0.1) is 0 Å². The molecule has 1 atom stereocenters. The Morgan fingerprint density at radius 2 is 2.20 bits per heavy atom. The van der Waals surface area contributed by atoms with Crippen molar-refractivity contribution in [2.45, 2.75) is 38.6 Å². The Hall–Kier alpha value is -2.76. The van der Waals surface area contributed by atoms with Gasteiger partial charge in [0.25, 0.3) is 0 Å². The zero-order valence-corrected chi connectivity index (χ0v) is 14.3. The van der Waals surface area contributed by atoms with Crippen molar-refractivity contribution in [3.8, 4) is 0 Å². The number of fused-ring (bicyclic) bond motifs is 1. The number of likely N-dealkylation sites (tertiary alicyclic amines) is 1. The van der Waals surface area contributed by atoms with Gasteiger partial charge < -0.3 is 4.90 Å². The molecule has 6 nitrogen and oxygen atoms in total. The summed E-state index contributed by atoms with van der Waals surface area (Å²) in [6.45, 7) is 2.76. The SMILES string of the molecule is Cc1cc2cncn2c([C@@H]2CCCCN2C(=O)Cc2cccnc2)n1. The van der Waals surface area contributed by atoms with Gasteiger partial charge in [0.15, 0.2) is 0 Å². The van der Waals surface area contributed by atoms with Gasteiger partial charge >= 0.3 is 0 Å². The Balaban J connectivity index is 1.66. The van der Waals surface area contributed by atoms with Gasteiger partial charge in [0, 0.05) is 24.6 Å². The van der Waals surface area contributed by atoms with Gasteiger partial charge in [0.1, 0.15) is 12.2 Å². The van der Waals surface area contributed by atoms with Crippen molar-refractivity contribution < 1.29 is 4.79 Å². The highest BCUT2D eigenvalue weighted by molar-refractivity contribution is 5.79. The number of piperidine rings is 1. The van der Waals surface area contributed by atoms with E-state index < -0.39 is 0 Å². The molecule has 1 fully saturated rings. The fraction of sp³-hybridized carbons (Fsp3) is 0.368. The van der Waals surface area contributed by atoms with E-state index in [1.165, 1.54) is 0 Å². The molecule has 0 aliphatic carbocycles. The van der Waals surface area contributed by atoms with E-state index in [-0.39, 0.29) is 11.9 Å². The lowest BCUT2D eigenvalue weighted by atomic mass is 10.00. The zero-order chi connectivity index (χ0) is 17.2. The molecule has 0 unspecified atom stereocenters. The zero-order valence-electron chi connectivity index (χ0n) is 14.3. The van der Waals surface area contributed by atoms with Crippen molar-refractivity contribution in [2.24, 2.45) is 0 Å². The highest BCUT2D eigenvalue weighted by Crippen LogP contribution is 2.31. The van der Waals surface area contributed by atoms with Gasteiger partial charge in [0.2, 0.25) is 5.91 Å². The minimum Gasteiger partial charge on any atom is -0.332 e. The van der Waals surface area contributed by atoms with Gasteiger partial charge in [-0.2, -0.15) is 0 Å². The summed E-state index contributed by atoms with van der Waals surface area (Å²) in [6, 6.07) is 5.83. The van der Waals surface area contributed by atoms with E-state index in [9.17, 15) is 4.79 Å². The van der Waals surface area contributed by atoms with E-state index in [4.69, 9.17) is 4.98 Å². The van der Waals surface area contributed by atoms with Gasteiger partial charge in [0.05, 0.1) is 24.2 Å². The summed E-state index contributed by atoms with van der Waals surface area (Å²) in [5.74, 6) is 1.04. The van der Waals surface area contributed by atoms with E-state index >= 15 is 0 Å². The maximum Gasteiger partial charge on any atom is 0.227 e. The highest BCUT2D eigenvalue weighted by Gasteiger charge is 2.30. The number of imidazole rings is 1. The first-order valence-electron chi connectivity index (χ1n) is 8.70. The standard InChI is InChI=1S/C19H21N5O/c1-14-9-16-12-21-13-24(16)19(22-14)17-6-2-3-8-23(17)18(25)10-15-5-4-7-20-11-15/h4-5,7,9,11-13,17H,2-3,6,8,10H2,1H3/t17-/m0/s1. The van der Waals surface area contributed by atoms with Gasteiger partial charge in [-0.1, -0.05) is 6.07 Å². The summed E-state index contributed by atoms with van der Waals surface area (Å²) in [7, 11) is 0. The Morgan fingerprint density at radius 3 is 3.04 bits per heavy atom. The minimum atomic E-state index is -0.00507. The second-order valence-corrected chi connectivity index (χ2v) is 6.58. The largest absolute Gasteiger partial charge is 0.332 e. The van der Waals surface area contributed by atoms with E-state index in [0.717, 1.165) is 48.4 Å². The molecule has 0 radical (unpaired) electrons. The van der Waals surface area contributed by atoms with Gasteiger partial charge in [-0.05, 0) is 43.9 Å². The average Bonchev–Trinajstić information content (AvgIpc) is 3.10. The molecule has 0 bridgehead atoms. The first-order chi connectivity index (χ1) is 12.2. The highest BCUT2D eigenvalue weighted by atomic mass is 16.2. The maximum atomic E-state index is 13.0. The first-order valence-corrected chi connectivity index (χ1v) is 8.70. The topological polar surface area (TPSA) is 63.4 Å². The van der Waals surface area contributed by atoms with Crippen LogP contribution in [0.15, 0.2) is 43.1 Å². The summed E-state index contributed by atoms with van der Waals surface area (Å²) in [5.41, 5.74) is 2.92. The van der Waals surface area contributed by atoms with Crippen LogP contribution < -0.4 is 0 Å². The molecule has 1 amide bonds. The molecule has 128 valence electrons. The number of hydrogen-bond acceptors (Lipinski definition) is 4. The first kappa shape index (κ1) is 15.7. The number of aromatic nitrogens is 4. The smallest absolute Gasteiger partial charge is 0.227 e. The van der Waals surface area contributed by atoms with Crippen molar-refractivity contribution in [1.29, 1.82) is 0 Å². The molecule has 3 aromatic heterocycles. The van der Waals surface area contributed by atoms with Crippen LogP contribution in [0.1, 0.15) is 42.4 Å². The molecular formula is C19H21N5O. The van der Waals surface area contributed by atoms with Crippen LogP contribution in [0.4, 0.5) is 0 Å². The third-order valence-corrected chi connectivity index (χ3v) is 4.76. The molecule has 25 heavy (non-hydrogen) atoms. The van der Waals surface area contributed by atoms with Crippen molar-refractivity contribution in [3.63, 3.8) is 0 Å². The molecule has 4 rings (SSSR count). The fourth-order valence-corrected chi connectivity index (χ4v) is 3.60. The number of carbonyl (C=O) groups excluding carboxylic acids is 1. The number of nitrogens with zero attached hydrogens (tertiary/aromatic N) is 5. The van der Waals surface area contributed by atoms with Crippen LogP contribution in [0.5, 0.6) is 0 Å². The number of hydrogen-bond donors (Lipinski definition) is 0. The maximum absolute atomic E-state index is 13.0. The third-order valence-electron chi connectivity index (χ3n) is 4.76. The van der Waals surface area contributed by atoms with Crippen molar-refractivity contribution in [2.75, 3.05) is 6.54 Å². The second kappa shape index (κ2) is 6.63. The second-order valence-electron chi connectivity index (χ2n) is 6.58. The van der Waals surface area contributed by atoms with Crippen molar-refractivity contribution >= 4 is 11.4 Å². The van der Waals surface area contributed by atoms with Crippen LogP contribution in [0, 0.1) is 6.92 Å². The molecule has 3 aromatic rings. The molecule has 4 heterocycles. The molecule has 6 heteroatoms. The van der Waals surface area contributed by atoms with E-state index in [1.807, 2.05) is 40.6 Å². The van der Waals surface area contributed by atoms with E-state index in [1.54, 1.807) is 18.7 Å². The van der Waals surface area contributed by atoms with Crippen LogP contribution in [0.2, 0.25) is 0 Å². The Kier molecular flexibility index (Phi) is 4.17. The molecule has 1 aliphatic heterocycles. The summed E-state index contributed by atoms with van der Waals surface area (Å²) >= 11 is 0.